The van der Waals surface area contributed by atoms with E-state index in [-0.39, 0.29) is 30.8 Å². The van der Waals surface area contributed by atoms with Crippen molar-refractivity contribution in [3.63, 3.8) is 0 Å². The fraction of sp³-hybridized carbons (Fsp3) is 0.316. The quantitative estimate of drug-likeness (QED) is 0.823. The van der Waals surface area contributed by atoms with Crippen LogP contribution in [-0.4, -0.2) is 37.4 Å². The van der Waals surface area contributed by atoms with Crippen LogP contribution in [-0.2, 0) is 20.8 Å². The Morgan fingerprint density at radius 2 is 1.75 bits per heavy atom. The normalized spacial score (nSPS) is 23.1. The summed E-state index contributed by atoms with van der Waals surface area (Å²) < 4.78 is 16.9. The van der Waals surface area contributed by atoms with Gasteiger partial charge in [-0.2, -0.15) is 0 Å². The monoisotopic (exact) mass is 327 g/mol. The lowest BCUT2D eigenvalue weighted by Crippen LogP contribution is -2.41. The molecule has 2 N–H and O–H groups in total. The van der Waals surface area contributed by atoms with Gasteiger partial charge < -0.3 is 19.9 Å². The molecule has 0 aliphatic carbocycles. The highest BCUT2D eigenvalue weighted by Crippen LogP contribution is 2.19. The lowest BCUT2D eigenvalue weighted by molar-refractivity contribution is -0.0486. The summed E-state index contributed by atoms with van der Waals surface area (Å²) in [5.74, 6) is -0.374. The Morgan fingerprint density at radius 1 is 1.08 bits per heavy atom. The highest BCUT2D eigenvalue weighted by molar-refractivity contribution is 5.89. The van der Waals surface area contributed by atoms with Crippen molar-refractivity contribution in [2.45, 2.75) is 24.9 Å². The van der Waals surface area contributed by atoms with E-state index < -0.39 is 0 Å². The average molecular weight is 327 g/mol. The molecule has 2 aromatic carbocycles. The van der Waals surface area contributed by atoms with Gasteiger partial charge in [-0.3, -0.25) is 0 Å². The van der Waals surface area contributed by atoms with E-state index in [1.165, 1.54) is 0 Å². The van der Waals surface area contributed by atoms with E-state index in [9.17, 15) is 4.79 Å². The minimum absolute atomic E-state index is 0.126. The van der Waals surface area contributed by atoms with Crippen molar-refractivity contribution in [3.05, 3.63) is 71.8 Å². The topological polar surface area (TPSA) is 70.8 Å². The molecule has 0 amide bonds. The number of carbonyl (C=O) groups excluding carboxylic acids is 1. The minimum Gasteiger partial charge on any atom is -0.459 e. The van der Waals surface area contributed by atoms with Crippen molar-refractivity contribution in [1.29, 1.82) is 0 Å². The summed E-state index contributed by atoms with van der Waals surface area (Å²) in [5.41, 5.74) is 7.64. The van der Waals surface area contributed by atoms with Gasteiger partial charge in [0.25, 0.3) is 0 Å². The number of hydrogen-bond acceptors (Lipinski definition) is 5. The molecule has 5 nitrogen and oxygen atoms in total. The maximum atomic E-state index is 12.0. The molecule has 0 aromatic heterocycles. The Hall–Kier alpha value is -2.21. The number of benzene rings is 2. The molecule has 0 unspecified atom stereocenters. The van der Waals surface area contributed by atoms with Crippen LogP contribution in [0.5, 0.6) is 0 Å². The molecule has 3 atom stereocenters. The van der Waals surface area contributed by atoms with Crippen LogP contribution in [0.4, 0.5) is 0 Å². The minimum atomic E-state index is -0.374. The summed E-state index contributed by atoms with van der Waals surface area (Å²) in [6, 6.07) is 18.5. The first kappa shape index (κ1) is 16.6. The van der Waals surface area contributed by atoms with Crippen LogP contribution in [0, 0.1) is 0 Å². The van der Waals surface area contributed by atoms with Crippen LogP contribution in [0.1, 0.15) is 15.9 Å². The van der Waals surface area contributed by atoms with E-state index in [1.54, 1.807) is 24.3 Å². The van der Waals surface area contributed by atoms with Crippen molar-refractivity contribution in [2.75, 3.05) is 13.2 Å². The lowest BCUT2D eigenvalue weighted by Gasteiger charge is -2.21. The van der Waals surface area contributed by atoms with Crippen LogP contribution in [0.2, 0.25) is 0 Å². The molecular formula is C19H21NO4. The van der Waals surface area contributed by atoms with Gasteiger partial charge in [0.15, 0.2) is 0 Å². The Kier molecular flexibility index (Phi) is 5.59. The molecular weight excluding hydrogens is 306 g/mol. The van der Waals surface area contributed by atoms with Gasteiger partial charge in [-0.25, -0.2) is 4.79 Å². The number of nitrogens with two attached hydrogens (primary N) is 1. The Bertz CT molecular complexity index is 647. The second-order valence-corrected chi connectivity index (χ2v) is 5.76. The van der Waals surface area contributed by atoms with E-state index in [1.807, 2.05) is 36.4 Å². The Labute approximate surface area is 141 Å². The van der Waals surface area contributed by atoms with Crippen LogP contribution in [0.15, 0.2) is 60.7 Å². The third-order valence-electron chi connectivity index (χ3n) is 3.96. The number of rotatable bonds is 6. The zero-order valence-corrected chi connectivity index (χ0v) is 13.3. The highest BCUT2D eigenvalue weighted by atomic mass is 16.6. The summed E-state index contributed by atoms with van der Waals surface area (Å²) in [7, 11) is 0. The summed E-state index contributed by atoms with van der Waals surface area (Å²) in [4.78, 5) is 12.0. The fourth-order valence-corrected chi connectivity index (χ4v) is 2.66. The van der Waals surface area contributed by atoms with E-state index in [0.29, 0.717) is 18.8 Å². The van der Waals surface area contributed by atoms with Crippen molar-refractivity contribution in [2.24, 2.45) is 5.73 Å². The number of esters is 1. The van der Waals surface area contributed by atoms with Crippen LogP contribution >= 0.6 is 0 Å². The molecule has 0 radical (unpaired) electrons. The lowest BCUT2D eigenvalue weighted by atomic mass is 10.1. The van der Waals surface area contributed by atoms with Crippen molar-refractivity contribution in [3.8, 4) is 0 Å². The predicted octanol–water partition coefficient (Wildman–Crippen LogP) is 2.15. The second-order valence-electron chi connectivity index (χ2n) is 5.76. The molecule has 24 heavy (non-hydrogen) atoms. The first-order valence-electron chi connectivity index (χ1n) is 7.99. The molecule has 1 heterocycles. The molecule has 0 bridgehead atoms. The fourth-order valence-electron chi connectivity index (χ4n) is 2.66. The van der Waals surface area contributed by atoms with E-state index in [4.69, 9.17) is 19.9 Å². The van der Waals surface area contributed by atoms with Crippen molar-refractivity contribution < 1.29 is 19.0 Å². The molecule has 1 saturated heterocycles. The standard InChI is InChI=1S/C19H21NO4/c20-16-12-22-17(13-24-19(21)15-9-5-2-6-10-15)18(16)23-11-14-7-3-1-4-8-14/h1-10,16-18H,11-13,20H2/t16-,17-,18-/m0/s1. The molecule has 1 aliphatic heterocycles. The van der Waals surface area contributed by atoms with E-state index in [2.05, 4.69) is 0 Å². The Balaban J connectivity index is 1.53. The van der Waals surface area contributed by atoms with Crippen molar-refractivity contribution in [1.82, 2.24) is 0 Å². The summed E-state index contributed by atoms with van der Waals surface area (Å²) in [6.45, 7) is 0.972. The van der Waals surface area contributed by atoms with Crippen LogP contribution < -0.4 is 5.73 Å². The summed E-state index contributed by atoms with van der Waals surface area (Å²) >= 11 is 0. The van der Waals surface area contributed by atoms with Gasteiger partial charge in [-0.1, -0.05) is 48.5 Å². The molecule has 1 fully saturated rings. The first-order valence-corrected chi connectivity index (χ1v) is 7.99. The van der Waals surface area contributed by atoms with Gasteiger partial charge in [-0.05, 0) is 17.7 Å². The first-order chi connectivity index (χ1) is 11.7. The SMILES string of the molecule is N[C@H]1CO[C@@H](COC(=O)c2ccccc2)[C@H]1OCc1ccccc1. The average Bonchev–Trinajstić information content (AvgIpc) is 2.99. The second kappa shape index (κ2) is 8.06. The van der Waals surface area contributed by atoms with Crippen LogP contribution in [0.25, 0.3) is 0 Å². The zero-order chi connectivity index (χ0) is 16.8. The van der Waals surface area contributed by atoms with Gasteiger partial charge in [0.1, 0.15) is 18.8 Å². The Morgan fingerprint density at radius 3 is 2.46 bits per heavy atom. The zero-order valence-electron chi connectivity index (χ0n) is 13.3. The van der Waals surface area contributed by atoms with E-state index in [0.717, 1.165) is 5.56 Å². The maximum absolute atomic E-state index is 12.0. The van der Waals surface area contributed by atoms with E-state index >= 15 is 0 Å². The molecule has 5 heteroatoms. The van der Waals surface area contributed by atoms with Gasteiger partial charge in [0.05, 0.1) is 24.8 Å². The smallest absolute Gasteiger partial charge is 0.338 e. The van der Waals surface area contributed by atoms with Gasteiger partial charge >= 0.3 is 5.97 Å². The molecule has 1 aliphatic rings. The summed E-state index contributed by atoms with van der Waals surface area (Å²) in [6.07, 6.45) is -0.648. The highest BCUT2D eigenvalue weighted by Gasteiger charge is 2.37. The molecule has 0 saturated carbocycles. The number of hydrogen-bond donors (Lipinski definition) is 1. The third kappa shape index (κ3) is 4.20. The van der Waals surface area contributed by atoms with Crippen molar-refractivity contribution >= 4 is 5.97 Å². The molecule has 126 valence electrons. The van der Waals surface area contributed by atoms with Gasteiger partial charge in [0, 0.05) is 0 Å². The summed E-state index contributed by atoms with van der Waals surface area (Å²) in [5, 5.41) is 0. The molecule has 2 aromatic rings. The van der Waals surface area contributed by atoms with Gasteiger partial charge in [-0.15, -0.1) is 0 Å². The van der Waals surface area contributed by atoms with Gasteiger partial charge in [0.2, 0.25) is 0 Å². The largest absolute Gasteiger partial charge is 0.459 e. The molecule has 3 rings (SSSR count). The number of ether oxygens (including phenoxy) is 3. The third-order valence-corrected chi connectivity index (χ3v) is 3.96. The number of carbonyl (C=O) groups is 1. The predicted molar refractivity (Wildman–Crippen MR) is 89.5 cm³/mol. The van der Waals surface area contributed by atoms with Crippen LogP contribution in [0.3, 0.4) is 0 Å². The maximum Gasteiger partial charge on any atom is 0.338 e. The molecule has 0 spiro atoms.